The van der Waals surface area contributed by atoms with Crippen molar-refractivity contribution in [3.8, 4) is 0 Å². The molecule has 0 heterocycles. The Kier molecular flexibility index (Phi) is 25.9. The molecule has 39 valence electrons. The van der Waals surface area contributed by atoms with Gasteiger partial charge < -0.3 is 0 Å². The summed E-state index contributed by atoms with van der Waals surface area (Å²) in [6, 6.07) is 0. The molecule has 0 aliphatic carbocycles. The van der Waals surface area contributed by atoms with E-state index in [1.54, 1.807) is 0 Å². The van der Waals surface area contributed by atoms with E-state index in [0.717, 1.165) is 0 Å². The van der Waals surface area contributed by atoms with E-state index in [2.05, 4.69) is 0 Å². The molecule has 0 unspecified atom stereocenters. The third-order valence-electron chi connectivity index (χ3n) is 0. The van der Waals surface area contributed by atoms with Gasteiger partial charge in [-0.1, -0.05) is 0 Å². The second-order valence-corrected chi connectivity index (χ2v) is 0.692. The van der Waals surface area contributed by atoms with Gasteiger partial charge in [0.1, 0.15) is 0 Å². The summed E-state index contributed by atoms with van der Waals surface area (Å²) < 4.78 is 22.8. The van der Waals surface area contributed by atoms with Crippen molar-refractivity contribution in [2.45, 2.75) is 0 Å². The van der Waals surface area contributed by atoms with Crippen molar-refractivity contribution in [3.05, 3.63) is 0 Å². The molecule has 0 aliphatic heterocycles. The quantitative estimate of drug-likeness (QED) is 0.447. The fourth-order valence-electron chi connectivity index (χ4n) is 0. The van der Waals surface area contributed by atoms with Gasteiger partial charge in [0.25, 0.3) is 11.4 Å². The van der Waals surface area contributed by atoms with E-state index in [1.807, 2.05) is 0 Å². The first kappa shape index (κ1) is 15.7. The molecule has 6 heavy (non-hydrogen) atoms. The van der Waals surface area contributed by atoms with E-state index in [4.69, 9.17) is 13.3 Å². The first-order valence-electron chi connectivity index (χ1n) is 0.532. The summed E-state index contributed by atoms with van der Waals surface area (Å²) in [6.45, 7) is 0. The van der Waals surface area contributed by atoms with Crippen LogP contribution < -0.4 is 0 Å². The van der Waals surface area contributed by atoms with E-state index in [-0.39, 0.29) is 51.9 Å². The first-order chi connectivity index (χ1) is 1.73. The van der Waals surface area contributed by atoms with Crippen LogP contribution in [0, 0.1) is 0 Å². The van der Waals surface area contributed by atoms with Crippen molar-refractivity contribution < 1.29 is 35.7 Å². The molecule has 0 amide bonds. The molecule has 0 rings (SSSR count). The zero-order valence-electron chi connectivity index (χ0n) is 2.01. The third kappa shape index (κ3) is 41.0. The summed E-state index contributed by atoms with van der Waals surface area (Å²) in [7, 11) is 0. The fourth-order valence-corrected chi connectivity index (χ4v) is 0. The van der Waals surface area contributed by atoms with Crippen LogP contribution in [-0.2, 0) is 33.7 Å². The molecule has 0 aromatic heterocycles. The Morgan fingerprint density at radius 3 is 1.33 bits per heavy atom. The first-order valence-corrected chi connectivity index (χ1v) is 1.60. The molecule has 0 aromatic rings. The van der Waals surface area contributed by atoms with Crippen molar-refractivity contribution in [1.82, 2.24) is 0 Å². The molecule has 0 bridgehead atoms. The summed E-state index contributed by atoms with van der Waals surface area (Å²) >= 11 is -2.61. The van der Waals surface area contributed by atoms with E-state index in [9.17, 15) is 0 Å². The summed E-state index contributed by atoms with van der Waals surface area (Å²) in [5.74, 6) is 0. The normalized spacial score (nSPS) is 5.83. The van der Waals surface area contributed by atoms with Crippen LogP contribution in [0.3, 0.4) is 0 Å². The van der Waals surface area contributed by atoms with Gasteiger partial charge in [-0.05, 0) is 0 Å². The summed E-state index contributed by atoms with van der Waals surface area (Å²) in [5.41, 5.74) is 0. The summed E-state index contributed by atoms with van der Waals surface area (Å²) in [4.78, 5) is 0. The minimum atomic E-state index is -2.61. The molecule has 0 atom stereocenters. The van der Waals surface area contributed by atoms with Crippen LogP contribution in [0.1, 0.15) is 0 Å². The SMILES string of the molecule is O=S(O)O.[Au].[NaH]. The van der Waals surface area contributed by atoms with Gasteiger partial charge in [0.15, 0.2) is 0 Å². The standard InChI is InChI=1S/Au.Na.H2O3S.H/c;;1-4(2)3;/h;;(H2,1,2,3);. The van der Waals surface area contributed by atoms with Gasteiger partial charge in [-0.25, -0.2) is 0 Å². The Balaban J connectivity index is -0.0000000450. The Morgan fingerprint density at radius 2 is 1.33 bits per heavy atom. The Bertz CT molecular complexity index is 33.8. The zero-order valence-corrected chi connectivity index (χ0v) is 5.00. The van der Waals surface area contributed by atoms with Crippen LogP contribution in [0.15, 0.2) is 0 Å². The monoisotopic (exact) mass is 303 g/mol. The fraction of sp³-hybridized carbons (Fsp3) is 0. The van der Waals surface area contributed by atoms with Crippen LogP contribution in [-0.4, -0.2) is 42.9 Å². The van der Waals surface area contributed by atoms with Crippen molar-refractivity contribution in [2.24, 2.45) is 0 Å². The zero-order chi connectivity index (χ0) is 3.58. The van der Waals surface area contributed by atoms with Crippen molar-refractivity contribution in [1.29, 1.82) is 0 Å². The molecule has 2 N–H and O–H groups in total. The van der Waals surface area contributed by atoms with E-state index >= 15 is 0 Å². The van der Waals surface area contributed by atoms with Crippen molar-refractivity contribution >= 4 is 40.9 Å². The predicted molar refractivity (Wildman–Crippen MR) is 20.5 cm³/mol. The Hall–Kier alpha value is 1.81. The van der Waals surface area contributed by atoms with Gasteiger partial charge >= 0.3 is 29.6 Å². The molecule has 0 saturated heterocycles. The molecular formula is H3AuNaO3S. The number of rotatable bonds is 0. The van der Waals surface area contributed by atoms with Gasteiger partial charge in [-0.3, -0.25) is 9.11 Å². The molecule has 0 aromatic carbocycles. The molecule has 0 saturated carbocycles. The summed E-state index contributed by atoms with van der Waals surface area (Å²) in [6.07, 6.45) is 0. The van der Waals surface area contributed by atoms with E-state index in [1.165, 1.54) is 0 Å². The van der Waals surface area contributed by atoms with Crippen molar-refractivity contribution in [2.75, 3.05) is 0 Å². The molecule has 1 radical (unpaired) electrons. The van der Waals surface area contributed by atoms with Crippen molar-refractivity contribution in [3.63, 3.8) is 0 Å². The van der Waals surface area contributed by atoms with Crippen LogP contribution >= 0.6 is 0 Å². The second kappa shape index (κ2) is 9.94. The van der Waals surface area contributed by atoms with E-state index in [0.29, 0.717) is 0 Å². The van der Waals surface area contributed by atoms with E-state index < -0.39 is 11.4 Å². The average Bonchev–Trinajstić information content (AvgIpc) is 0.811. The maximum absolute atomic E-state index is 8.67. The molecular weight excluding hydrogens is 300 g/mol. The van der Waals surface area contributed by atoms with Gasteiger partial charge in [0.05, 0.1) is 0 Å². The maximum atomic E-state index is 8.67. The van der Waals surface area contributed by atoms with Crippen LogP contribution in [0.25, 0.3) is 0 Å². The topological polar surface area (TPSA) is 57.5 Å². The van der Waals surface area contributed by atoms with Gasteiger partial charge in [-0.15, -0.1) is 0 Å². The van der Waals surface area contributed by atoms with Crippen LogP contribution in [0.4, 0.5) is 0 Å². The minimum absolute atomic E-state index is 0. The summed E-state index contributed by atoms with van der Waals surface area (Å²) in [5, 5.41) is 0. The molecule has 6 heteroatoms. The average molecular weight is 303 g/mol. The van der Waals surface area contributed by atoms with Gasteiger partial charge in [-0.2, -0.15) is 4.21 Å². The third-order valence-corrected chi connectivity index (χ3v) is 0. The Labute approximate surface area is 75.8 Å². The molecule has 0 aliphatic rings. The molecule has 3 nitrogen and oxygen atoms in total. The van der Waals surface area contributed by atoms with Gasteiger partial charge in [0, 0.05) is 22.4 Å². The number of hydrogen-bond acceptors (Lipinski definition) is 1. The van der Waals surface area contributed by atoms with Gasteiger partial charge in [0.2, 0.25) is 0 Å². The molecule has 0 spiro atoms. The molecule has 0 fully saturated rings. The number of hydrogen-bond donors (Lipinski definition) is 2. The van der Waals surface area contributed by atoms with Crippen LogP contribution in [0.2, 0.25) is 0 Å². The Morgan fingerprint density at radius 1 is 1.33 bits per heavy atom. The second-order valence-electron chi connectivity index (χ2n) is 0.231. The predicted octanol–water partition coefficient (Wildman–Crippen LogP) is -0.970. The van der Waals surface area contributed by atoms with Crippen LogP contribution in [0.5, 0.6) is 0 Å².